The molecule has 2 heterocycles. The van der Waals surface area contributed by atoms with E-state index >= 15 is 0 Å². The van der Waals surface area contributed by atoms with Crippen LogP contribution in [0.3, 0.4) is 0 Å². The van der Waals surface area contributed by atoms with Gasteiger partial charge in [-0.2, -0.15) is 8.42 Å². The lowest BCUT2D eigenvalue weighted by molar-refractivity contribution is 0.313. The number of benzene rings is 1. The molecular formula is C16H22N4O2S. The number of nitrogens with one attached hydrogen (secondary N) is 1. The lowest BCUT2D eigenvalue weighted by Gasteiger charge is -2.27. The number of nitrogens with zero attached hydrogens (tertiary/aromatic N) is 3. The van der Waals surface area contributed by atoms with Gasteiger partial charge in [0.05, 0.1) is 5.69 Å². The summed E-state index contributed by atoms with van der Waals surface area (Å²) in [5.74, 6) is 0. The van der Waals surface area contributed by atoms with E-state index in [1.54, 1.807) is 10.8 Å². The van der Waals surface area contributed by atoms with Crippen molar-refractivity contribution in [1.82, 2.24) is 14.5 Å². The Hall–Kier alpha value is -1.86. The van der Waals surface area contributed by atoms with Gasteiger partial charge in [0.1, 0.15) is 0 Å². The Bertz CT molecular complexity index is 811. The summed E-state index contributed by atoms with van der Waals surface area (Å²) >= 11 is 0. The molecule has 1 N–H and O–H groups in total. The molecule has 0 amide bonds. The normalized spacial score (nSPS) is 15.7. The standard InChI is InChI=1S/C16H22N4O2S/c1-12(2)20-10-8-17-16(20)23(21,22)18-15-6-4-5-13-7-9-19(3)11-14(13)15/h4-6,8,10,12,18H,7,9,11H2,1-3H3. The van der Waals surface area contributed by atoms with Gasteiger partial charge in [-0.1, -0.05) is 12.1 Å². The van der Waals surface area contributed by atoms with Crippen molar-refractivity contribution in [3.63, 3.8) is 0 Å². The topological polar surface area (TPSA) is 67.2 Å². The molecule has 0 unspecified atom stereocenters. The third kappa shape index (κ3) is 3.11. The first-order valence-corrected chi connectivity index (χ1v) is 9.22. The van der Waals surface area contributed by atoms with E-state index in [4.69, 9.17) is 0 Å². The fraction of sp³-hybridized carbons (Fsp3) is 0.438. The predicted octanol–water partition coefficient (Wildman–Crippen LogP) is 2.25. The number of likely N-dealkylation sites (N-methyl/N-ethyl adjacent to an activating group) is 1. The quantitative estimate of drug-likeness (QED) is 0.931. The van der Waals surface area contributed by atoms with Crippen LogP contribution in [0.5, 0.6) is 0 Å². The average Bonchev–Trinajstić information content (AvgIpc) is 2.98. The van der Waals surface area contributed by atoms with Crippen molar-refractivity contribution in [2.24, 2.45) is 0 Å². The average molecular weight is 334 g/mol. The minimum Gasteiger partial charge on any atom is -0.318 e. The molecule has 1 aliphatic rings. The van der Waals surface area contributed by atoms with Crippen molar-refractivity contribution < 1.29 is 8.42 Å². The highest BCUT2D eigenvalue weighted by molar-refractivity contribution is 7.92. The molecule has 124 valence electrons. The smallest absolute Gasteiger partial charge is 0.295 e. The van der Waals surface area contributed by atoms with Crippen LogP contribution in [0.4, 0.5) is 5.69 Å². The molecule has 3 rings (SSSR count). The van der Waals surface area contributed by atoms with E-state index in [2.05, 4.69) is 20.7 Å². The second-order valence-electron chi connectivity index (χ2n) is 6.25. The summed E-state index contributed by atoms with van der Waals surface area (Å²) in [6, 6.07) is 5.81. The van der Waals surface area contributed by atoms with Gasteiger partial charge in [-0.15, -0.1) is 0 Å². The summed E-state index contributed by atoms with van der Waals surface area (Å²) in [6.45, 7) is 5.59. The highest BCUT2D eigenvalue weighted by atomic mass is 32.2. The highest BCUT2D eigenvalue weighted by Crippen LogP contribution is 2.27. The van der Waals surface area contributed by atoms with Gasteiger partial charge in [0.2, 0.25) is 5.16 Å². The van der Waals surface area contributed by atoms with Gasteiger partial charge < -0.3 is 9.47 Å². The van der Waals surface area contributed by atoms with Crippen LogP contribution < -0.4 is 4.72 Å². The Balaban J connectivity index is 1.97. The highest BCUT2D eigenvalue weighted by Gasteiger charge is 2.24. The second kappa shape index (κ2) is 5.98. The van der Waals surface area contributed by atoms with Gasteiger partial charge in [0, 0.05) is 31.5 Å². The first-order valence-electron chi connectivity index (χ1n) is 7.73. The van der Waals surface area contributed by atoms with E-state index in [9.17, 15) is 8.42 Å². The maximum absolute atomic E-state index is 12.7. The maximum atomic E-state index is 12.7. The summed E-state index contributed by atoms with van der Waals surface area (Å²) < 4.78 is 29.9. The first-order chi connectivity index (χ1) is 10.9. The van der Waals surface area contributed by atoms with Crippen LogP contribution in [0.15, 0.2) is 35.7 Å². The number of aromatic nitrogens is 2. The van der Waals surface area contributed by atoms with Gasteiger partial charge in [-0.05, 0) is 44.5 Å². The molecule has 23 heavy (non-hydrogen) atoms. The molecule has 0 atom stereocenters. The maximum Gasteiger partial charge on any atom is 0.295 e. The number of fused-ring (bicyclic) bond motifs is 1. The molecule has 0 radical (unpaired) electrons. The molecule has 0 saturated carbocycles. The minimum absolute atomic E-state index is 0.0277. The summed E-state index contributed by atoms with van der Waals surface area (Å²) in [6.07, 6.45) is 4.14. The number of hydrogen-bond donors (Lipinski definition) is 1. The molecule has 0 saturated heterocycles. The van der Waals surface area contributed by atoms with Crippen molar-refractivity contribution in [1.29, 1.82) is 0 Å². The Kier molecular flexibility index (Phi) is 4.16. The summed E-state index contributed by atoms with van der Waals surface area (Å²) in [5, 5.41) is 0.0502. The van der Waals surface area contributed by atoms with Gasteiger partial charge in [-0.3, -0.25) is 4.72 Å². The van der Waals surface area contributed by atoms with Crippen LogP contribution in [-0.4, -0.2) is 36.5 Å². The van der Waals surface area contributed by atoms with Crippen molar-refractivity contribution in [2.45, 2.75) is 38.0 Å². The molecule has 7 heteroatoms. The molecule has 0 fully saturated rings. The minimum atomic E-state index is -3.71. The fourth-order valence-corrected chi connectivity index (χ4v) is 4.22. The van der Waals surface area contributed by atoms with E-state index < -0.39 is 10.0 Å². The molecule has 1 aromatic heterocycles. The molecule has 6 nitrogen and oxygen atoms in total. The second-order valence-corrected chi connectivity index (χ2v) is 7.82. The number of imidazole rings is 1. The van der Waals surface area contributed by atoms with E-state index in [0.717, 1.165) is 25.1 Å². The Morgan fingerprint density at radius 2 is 2.09 bits per heavy atom. The van der Waals surface area contributed by atoms with Crippen LogP contribution in [0, 0.1) is 0 Å². The van der Waals surface area contributed by atoms with Crippen molar-refractivity contribution in [3.8, 4) is 0 Å². The number of sulfonamides is 1. The zero-order valence-electron chi connectivity index (χ0n) is 13.7. The van der Waals surface area contributed by atoms with Crippen LogP contribution in [-0.2, 0) is 23.0 Å². The zero-order valence-corrected chi connectivity index (χ0v) is 14.5. The Morgan fingerprint density at radius 1 is 1.30 bits per heavy atom. The SMILES string of the molecule is CC(C)n1ccnc1S(=O)(=O)Nc1cccc2c1CN(C)CC2. The van der Waals surface area contributed by atoms with Crippen molar-refractivity contribution in [2.75, 3.05) is 18.3 Å². The Morgan fingerprint density at radius 3 is 2.83 bits per heavy atom. The Labute approximate surface area is 137 Å². The van der Waals surface area contributed by atoms with Gasteiger partial charge >= 0.3 is 0 Å². The third-order valence-electron chi connectivity index (χ3n) is 4.14. The third-order valence-corrected chi connectivity index (χ3v) is 5.42. The number of anilines is 1. The molecule has 0 bridgehead atoms. The van der Waals surface area contributed by atoms with Crippen molar-refractivity contribution >= 4 is 15.7 Å². The number of rotatable bonds is 4. The van der Waals surface area contributed by atoms with Gasteiger partial charge in [0.15, 0.2) is 0 Å². The molecular weight excluding hydrogens is 312 g/mol. The fourth-order valence-electron chi connectivity index (χ4n) is 2.90. The number of hydrogen-bond acceptors (Lipinski definition) is 4. The summed E-state index contributed by atoms with van der Waals surface area (Å²) in [4.78, 5) is 6.22. The van der Waals surface area contributed by atoms with E-state index in [1.165, 1.54) is 11.8 Å². The largest absolute Gasteiger partial charge is 0.318 e. The van der Waals surface area contributed by atoms with Crippen LogP contribution in [0.25, 0.3) is 0 Å². The molecule has 0 aliphatic carbocycles. The van der Waals surface area contributed by atoms with Gasteiger partial charge in [-0.25, -0.2) is 4.98 Å². The zero-order chi connectivity index (χ0) is 16.6. The van der Waals surface area contributed by atoms with Gasteiger partial charge in [0.25, 0.3) is 10.0 Å². The monoisotopic (exact) mass is 334 g/mol. The lowest BCUT2D eigenvalue weighted by Crippen LogP contribution is -2.28. The molecule has 1 aromatic carbocycles. The first kappa shape index (κ1) is 16.0. The van der Waals surface area contributed by atoms with E-state index in [1.807, 2.05) is 33.0 Å². The van der Waals surface area contributed by atoms with Crippen molar-refractivity contribution in [3.05, 3.63) is 41.7 Å². The molecule has 0 spiro atoms. The lowest BCUT2D eigenvalue weighted by atomic mass is 9.99. The molecule has 1 aliphatic heterocycles. The van der Waals surface area contributed by atoms with Crippen LogP contribution in [0.1, 0.15) is 31.0 Å². The van der Waals surface area contributed by atoms with Crippen LogP contribution >= 0.6 is 0 Å². The predicted molar refractivity (Wildman–Crippen MR) is 89.9 cm³/mol. The van der Waals surface area contributed by atoms with E-state index in [0.29, 0.717) is 5.69 Å². The van der Waals surface area contributed by atoms with Crippen LogP contribution in [0.2, 0.25) is 0 Å². The summed E-state index contributed by atoms with van der Waals surface area (Å²) in [5.41, 5.74) is 2.90. The molecule has 2 aromatic rings. The summed E-state index contributed by atoms with van der Waals surface area (Å²) in [7, 11) is -1.67. The van der Waals surface area contributed by atoms with E-state index in [-0.39, 0.29) is 11.2 Å².